The molecule has 68 valence electrons. The van der Waals surface area contributed by atoms with E-state index in [4.69, 9.17) is 4.74 Å². The van der Waals surface area contributed by atoms with Crippen molar-refractivity contribution in [2.24, 2.45) is 0 Å². The number of aliphatic hydroxyl groups excluding tert-OH is 1. The lowest BCUT2D eigenvalue weighted by Gasteiger charge is -2.06. The molecule has 0 spiro atoms. The Morgan fingerprint density at radius 2 is 2.67 bits per heavy atom. The quantitative estimate of drug-likeness (QED) is 0.716. The van der Waals surface area contributed by atoms with Gasteiger partial charge in [0.1, 0.15) is 6.33 Å². The third-order valence-corrected chi connectivity index (χ3v) is 3.04. The van der Waals surface area contributed by atoms with Crippen LogP contribution < -0.4 is 0 Å². The molecule has 0 aliphatic heterocycles. The average molecular weight is 206 g/mol. The highest BCUT2D eigenvalue weighted by atomic mass is 32.2. The fourth-order valence-electron chi connectivity index (χ4n) is 0.635. The first-order chi connectivity index (χ1) is 5.83. The summed E-state index contributed by atoms with van der Waals surface area (Å²) in [5, 5.41) is 9.26. The molecule has 0 saturated heterocycles. The monoisotopic (exact) mass is 206 g/mol. The molecule has 0 aliphatic carbocycles. The largest absolute Gasteiger partial charge is 0.390 e. The Morgan fingerprint density at radius 1 is 1.83 bits per heavy atom. The maximum atomic E-state index is 9.26. The number of hydrogen-bond donors (Lipinski definition) is 1. The van der Waals surface area contributed by atoms with E-state index in [0.29, 0.717) is 12.4 Å². The molecule has 1 atom stereocenters. The molecule has 4 nitrogen and oxygen atoms in total. The molecular formula is C6H10N2O2S2. The lowest BCUT2D eigenvalue weighted by Crippen LogP contribution is -2.16. The number of hydrogen-bond acceptors (Lipinski definition) is 6. The van der Waals surface area contributed by atoms with Gasteiger partial charge in [0, 0.05) is 12.9 Å². The summed E-state index contributed by atoms with van der Waals surface area (Å²) in [5.41, 5.74) is 0. The van der Waals surface area contributed by atoms with Crippen molar-refractivity contribution in [1.29, 1.82) is 0 Å². The minimum atomic E-state index is -0.427. The highest BCUT2D eigenvalue weighted by Crippen LogP contribution is 2.18. The molecule has 1 unspecified atom stereocenters. The van der Waals surface area contributed by atoms with Crippen molar-refractivity contribution in [3.63, 3.8) is 0 Å². The molecule has 6 heteroatoms. The van der Waals surface area contributed by atoms with Crippen LogP contribution in [0.5, 0.6) is 0 Å². The predicted octanol–water partition coefficient (Wildman–Crippen LogP) is 0.638. The minimum absolute atomic E-state index is 0.367. The molecule has 1 N–H and O–H groups in total. The van der Waals surface area contributed by atoms with Gasteiger partial charge in [-0.2, -0.15) is 4.37 Å². The third-order valence-electron chi connectivity index (χ3n) is 1.10. The van der Waals surface area contributed by atoms with E-state index in [9.17, 15) is 5.11 Å². The van der Waals surface area contributed by atoms with Crippen LogP contribution in [0.2, 0.25) is 0 Å². The molecule has 1 aromatic heterocycles. The zero-order chi connectivity index (χ0) is 8.81. The van der Waals surface area contributed by atoms with E-state index in [2.05, 4.69) is 9.36 Å². The molecular weight excluding hydrogens is 196 g/mol. The minimum Gasteiger partial charge on any atom is -0.390 e. The number of methoxy groups -OCH3 is 1. The van der Waals surface area contributed by atoms with Crippen molar-refractivity contribution in [3.8, 4) is 0 Å². The number of aliphatic hydroxyl groups is 1. The van der Waals surface area contributed by atoms with Crippen LogP contribution in [0.3, 0.4) is 0 Å². The summed E-state index contributed by atoms with van der Waals surface area (Å²) in [5.74, 6) is 0.600. The summed E-state index contributed by atoms with van der Waals surface area (Å²) >= 11 is 2.82. The average Bonchev–Trinajstić information content (AvgIpc) is 2.53. The van der Waals surface area contributed by atoms with Gasteiger partial charge < -0.3 is 9.84 Å². The molecule has 0 saturated carbocycles. The van der Waals surface area contributed by atoms with Crippen molar-refractivity contribution < 1.29 is 9.84 Å². The van der Waals surface area contributed by atoms with E-state index in [1.807, 2.05) is 0 Å². The van der Waals surface area contributed by atoms with Gasteiger partial charge in [0.15, 0.2) is 4.34 Å². The lowest BCUT2D eigenvalue weighted by atomic mass is 10.4. The highest BCUT2D eigenvalue weighted by Gasteiger charge is 2.05. The van der Waals surface area contributed by atoms with E-state index < -0.39 is 6.10 Å². The van der Waals surface area contributed by atoms with E-state index >= 15 is 0 Å². The van der Waals surface area contributed by atoms with Gasteiger partial charge in [-0.25, -0.2) is 4.98 Å². The van der Waals surface area contributed by atoms with E-state index in [1.165, 1.54) is 29.6 Å². The Hall–Kier alpha value is -0.170. The van der Waals surface area contributed by atoms with E-state index in [0.717, 1.165) is 4.34 Å². The Bertz CT molecular complexity index is 205. The van der Waals surface area contributed by atoms with Gasteiger partial charge in [-0.05, 0) is 11.5 Å². The van der Waals surface area contributed by atoms with Crippen LogP contribution in [0.4, 0.5) is 0 Å². The van der Waals surface area contributed by atoms with Crippen LogP contribution >= 0.6 is 23.3 Å². The number of rotatable bonds is 5. The summed E-state index contributed by atoms with van der Waals surface area (Å²) in [4.78, 5) is 3.97. The second-order valence-corrected chi connectivity index (χ2v) is 4.17. The van der Waals surface area contributed by atoms with Gasteiger partial charge in [-0.1, -0.05) is 11.8 Å². The Kier molecular flexibility index (Phi) is 4.52. The molecule has 12 heavy (non-hydrogen) atoms. The Balaban J connectivity index is 2.17. The van der Waals surface area contributed by atoms with Crippen molar-refractivity contribution in [2.75, 3.05) is 19.5 Å². The fraction of sp³-hybridized carbons (Fsp3) is 0.667. The molecule has 1 heterocycles. The molecule has 1 aromatic rings. The zero-order valence-electron chi connectivity index (χ0n) is 6.64. The lowest BCUT2D eigenvalue weighted by molar-refractivity contribution is 0.0794. The Morgan fingerprint density at radius 3 is 3.25 bits per heavy atom. The zero-order valence-corrected chi connectivity index (χ0v) is 8.27. The van der Waals surface area contributed by atoms with Gasteiger partial charge in [-0.15, -0.1) is 0 Å². The van der Waals surface area contributed by atoms with Crippen LogP contribution in [0, 0.1) is 0 Å². The molecule has 0 fully saturated rings. The molecule has 0 radical (unpaired) electrons. The summed E-state index contributed by atoms with van der Waals surface area (Å²) in [7, 11) is 1.57. The predicted molar refractivity (Wildman–Crippen MR) is 48.5 cm³/mol. The highest BCUT2D eigenvalue weighted by molar-refractivity contribution is 8.00. The fourth-order valence-corrected chi connectivity index (χ4v) is 2.01. The standard InChI is InChI=1S/C6H10N2O2S2/c1-10-2-5(9)3-11-6-7-4-8-12-6/h4-5,9H,2-3H2,1H3. The van der Waals surface area contributed by atoms with Crippen LogP contribution in [0.1, 0.15) is 0 Å². The third kappa shape index (κ3) is 3.48. The number of ether oxygens (including phenoxy) is 1. The van der Waals surface area contributed by atoms with Crippen LogP contribution in [-0.2, 0) is 4.74 Å². The summed E-state index contributed by atoms with van der Waals surface area (Å²) < 4.78 is 9.50. The van der Waals surface area contributed by atoms with E-state index in [-0.39, 0.29) is 0 Å². The maximum Gasteiger partial charge on any atom is 0.169 e. The SMILES string of the molecule is COCC(O)CSc1ncns1. The summed E-state index contributed by atoms with van der Waals surface area (Å²) in [6.07, 6.45) is 1.08. The number of aromatic nitrogens is 2. The van der Waals surface area contributed by atoms with Crippen LogP contribution in [-0.4, -0.2) is 40.0 Å². The topological polar surface area (TPSA) is 55.2 Å². The summed E-state index contributed by atoms with van der Waals surface area (Å²) in [6, 6.07) is 0. The molecule has 0 amide bonds. The van der Waals surface area contributed by atoms with Gasteiger partial charge in [-0.3, -0.25) is 0 Å². The molecule has 0 bridgehead atoms. The second kappa shape index (κ2) is 5.47. The first-order valence-electron chi connectivity index (χ1n) is 3.39. The van der Waals surface area contributed by atoms with Gasteiger partial charge in [0.2, 0.25) is 0 Å². The maximum absolute atomic E-state index is 9.26. The molecule has 1 rings (SSSR count). The van der Waals surface area contributed by atoms with Crippen molar-refractivity contribution in [1.82, 2.24) is 9.36 Å². The van der Waals surface area contributed by atoms with Gasteiger partial charge >= 0.3 is 0 Å². The van der Waals surface area contributed by atoms with Crippen molar-refractivity contribution in [3.05, 3.63) is 6.33 Å². The smallest absolute Gasteiger partial charge is 0.169 e. The molecule has 0 aliphatic rings. The van der Waals surface area contributed by atoms with E-state index in [1.54, 1.807) is 7.11 Å². The normalized spacial score (nSPS) is 13.2. The summed E-state index contributed by atoms with van der Waals surface area (Å²) in [6.45, 7) is 0.367. The van der Waals surface area contributed by atoms with Gasteiger partial charge in [0.25, 0.3) is 0 Å². The van der Waals surface area contributed by atoms with Crippen molar-refractivity contribution in [2.45, 2.75) is 10.4 Å². The first-order valence-corrected chi connectivity index (χ1v) is 5.15. The first kappa shape index (κ1) is 9.91. The number of nitrogens with zero attached hydrogens (tertiary/aromatic N) is 2. The second-order valence-electron chi connectivity index (χ2n) is 2.13. The molecule has 0 aromatic carbocycles. The Labute approximate surface area is 79.1 Å². The number of thioether (sulfide) groups is 1. The van der Waals surface area contributed by atoms with Crippen molar-refractivity contribution >= 4 is 23.3 Å². The van der Waals surface area contributed by atoms with Crippen LogP contribution in [0.25, 0.3) is 0 Å². The van der Waals surface area contributed by atoms with Crippen LogP contribution in [0.15, 0.2) is 10.7 Å². The van der Waals surface area contributed by atoms with Gasteiger partial charge in [0.05, 0.1) is 12.7 Å².